The van der Waals surface area contributed by atoms with Crippen LogP contribution in [0.2, 0.25) is 0 Å². The SMILES string of the molecule is CCc1c(C)nn(-c2nnc3c4ccccc4n(C)c3n2)c1C. The molecule has 0 fully saturated rings. The predicted octanol–water partition coefficient (Wildman–Crippen LogP) is 2.88. The molecule has 6 heteroatoms. The maximum atomic E-state index is 4.72. The first kappa shape index (κ1) is 13.9. The van der Waals surface area contributed by atoms with Gasteiger partial charge in [0.25, 0.3) is 5.95 Å². The van der Waals surface area contributed by atoms with Crippen molar-refractivity contribution in [3.63, 3.8) is 0 Å². The molecule has 0 aliphatic rings. The van der Waals surface area contributed by atoms with Gasteiger partial charge in [-0.25, -0.2) is 4.68 Å². The van der Waals surface area contributed by atoms with E-state index in [0.29, 0.717) is 5.95 Å². The minimum absolute atomic E-state index is 0.517. The number of benzene rings is 1. The fourth-order valence-electron chi connectivity index (χ4n) is 3.27. The Hall–Kier alpha value is -2.76. The molecular formula is C17H18N6. The Morgan fingerprint density at radius 1 is 1.09 bits per heavy atom. The van der Waals surface area contributed by atoms with Crippen LogP contribution < -0.4 is 0 Å². The second-order valence-corrected chi connectivity index (χ2v) is 5.77. The number of hydrogen-bond acceptors (Lipinski definition) is 4. The molecule has 6 nitrogen and oxygen atoms in total. The van der Waals surface area contributed by atoms with E-state index < -0.39 is 0 Å². The van der Waals surface area contributed by atoms with Crippen LogP contribution in [0.25, 0.3) is 28.0 Å². The van der Waals surface area contributed by atoms with Gasteiger partial charge < -0.3 is 4.57 Å². The van der Waals surface area contributed by atoms with Gasteiger partial charge in [-0.1, -0.05) is 25.1 Å². The maximum Gasteiger partial charge on any atom is 0.272 e. The number of para-hydroxylation sites is 1. The number of rotatable bonds is 2. The molecule has 116 valence electrons. The number of aryl methyl sites for hydroxylation is 2. The van der Waals surface area contributed by atoms with Gasteiger partial charge in [0.2, 0.25) is 0 Å². The highest BCUT2D eigenvalue weighted by Gasteiger charge is 2.16. The molecule has 0 aliphatic heterocycles. The molecule has 0 aliphatic carbocycles. The van der Waals surface area contributed by atoms with Crippen molar-refractivity contribution in [1.29, 1.82) is 0 Å². The van der Waals surface area contributed by atoms with Gasteiger partial charge in [-0.05, 0) is 31.9 Å². The summed E-state index contributed by atoms with van der Waals surface area (Å²) in [5.41, 5.74) is 6.08. The van der Waals surface area contributed by atoms with Crippen molar-refractivity contribution < 1.29 is 0 Å². The Morgan fingerprint density at radius 2 is 1.87 bits per heavy atom. The highest BCUT2D eigenvalue weighted by molar-refractivity contribution is 6.03. The zero-order chi connectivity index (χ0) is 16.1. The van der Waals surface area contributed by atoms with Crippen molar-refractivity contribution >= 4 is 22.1 Å². The van der Waals surface area contributed by atoms with E-state index in [1.807, 2.05) is 39.1 Å². The van der Waals surface area contributed by atoms with Crippen LogP contribution in [0.15, 0.2) is 24.3 Å². The molecule has 0 saturated heterocycles. The third-order valence-corrected chi connectivity index (χ3v) is 4.48. The first-order valence-electron chi connectivity index (χ1n) is 7.75. The van der Waals surface area contributed by atoms with E-state index in [-0.39, 0.29) is 0 Å². The molecule has 23 heavy (non-hydrogen) atoms. The fourth-order valence-corrected chi connectivity index (χ4v) is 3.27. The van der Waals surface area contributed by atoms with E-state index in [4.69, 9.17) is 4.98 Å². The lowest BCUT2D eigenvalue weighted by Gasteiger charge is -2.03. The molecule has 3 aromatic heterocycles. The normalized spacial score (nSPS) is 11.7. The van der Waals surface area contributed by atoms with Crippen LogP contribution in [0.5, 0.6) is 0 Å². The van der Waals surface area contributed by atoms with Gasteiger partial charge >= 0.3 is 0 Å². The van der Waals surface area contributed by atoms with Gasteiger partial charge in [-0.3, -0.25) is 0 Å². The largest absolute Gasteiger partial charge is 0.327 e. The summed E-state index contributed by atoms with van der Waals surface area (Å²) in [5.74, 6) is 0.517. The van der Waals surface area contributed by atoms with E-state index >= 15 is 0 Å². The third kappa shape index (κ3) is 1.87. The molecule has 0 spiro atoms. The van der Waals surface area contributed by atoms with Crippen LogP contribution in [0.3, 0.4) is 0 Å². The van der Waals surface area contributed by atoms with E-state index in [2.05, 4.69) is 32.9 Å². The third-order valence-electron chi connectivity index (χ3n) is 4.48. The molecule has 0 amide bonds. The quantitative estimate of drug-likeness (QED) is 0.571. The van der Waals surface area contributed by atoms with Gasteiger partial charge in [0.05, 0.1) is 11.2 Å². The minimum Gasteiger partial charge on any atom is -0.327 e. The summed E-state index contributed by atoms with van der Waals surface area (Å²) < 4.78 is 3.84. The van der Waals surface area contributed by atoms with Crippen LogP contribution >= 0.6 is 0 Å². The smallest absolute Gasteiger partial charge is 0.272 e. The number of hydrogen-bond donors (Lipinski definition) is 0. The van der Waals surface area contributed by atoms with Crippen molar-refractivity contribution in [2.75, 3.05) is 0 Å². The van der Waals surface area contributed by atoms with Crippen LogP contribution in [0.4, 0.5) is 0 Å². The minimum atomic E-state index is 0.517. The first-order chi connectivity index (χ1) is 11.1. The molecule has 0 unspecified atom stereocenters. The standard InChI is InChI=1S/C17H18N6/c1-5-12-10(2)21-23(11(12)3)17-18-16-15(19-20-17)13-8-6-7-9-14(13)22(16)4/h6-9H,5H2,1-4H3. The topological polar surface area (TPSA) is 61.4 Å². The van der Waals surface area contributed by atoms with Crippen LogP contribution in [0, 0.1) is 13.8 Å². The number of nitrogens with zero attached hydrogens (tertiary/aromatic N) is 6. The Balaban J connectivity index is 2.00. The van der Waals surface area contributed by atoms with Gasteiger partial charge in [0.1, 0.15) is 5.52 Å². The van der Waals surface area contributed by atoms with Crippen molar-refractivity contribution in [3.8, 4) is 5.95 Å². The monoisotopic (exact) mass is 306 g/mol. The van der Waals surface area contributed by atoms with Gasteiger partial charge in [-0.2, -0.15) is 10.1 Å². The first-order valence-corrected chi connectivity index (χ1v) is 7.75. The summed E-state index contributed by atoms with van der Waals surface area (Å²) in [6, 6.07) is 8.14. The molecule has 0 atom stereocenters. The summed E-state index contributed by atoms with van der Waals surface area (Å²) in [7, 11) is 2.00. The fraction of sp³-hybridized carbons (Fsp3) is 0.294. The molecule has 0 bridgehead atoms. The molecule has 4 rings (SSSR count). The summed E-state index contributed by atoms with van der Waals surface area (Å²) in [6.07, 6.45) is 0.946. The van der Waals surface area contributed by atoms with Gasteiger partial charge in [0, 0.05) is 18.1 Å². The summed E-state index contributed by atoms with van der Waals surface area (Å²) in [5, 5.41) is 14.4. The summed E-state index contributed by atoms with van der Waals surface area (Å²) in [4.78, 5) is 4.72. The Kier molecular flexibility index (Phi) is 2.94. The van der Waals surface area contributed by atoms with Crippen LogP contribution in [0.1, 0.15) is 23.9 Å². The molecule has 4 aromatic rings. The Labute approximate surface area is 133 Å². The molecular weight excluding hydrogens is 288 g/mol. The molecule has 1 aromatic carbocycles. The molecule has 0 N–H and O–H groups in total. The Morgan fingerprint density at radius 3 is 2.61 bits per heavy atom. The van der Waals surface area contributed by atoms with E-state index in [1.54, 1.807) is 4.68 Å². The highest BCUT2D eigenvalue weighted by Crippen LogP contribution is 2.25. The lowest BCUT2D eigenvalue weighted by molar-refractivity contribution is 0.752. The molecule has 0 radical (unpaired) electrons. The van der Waals surface area contributed by atoms with Crippen LogP contribution in [-0.2, 0) is 13.5 Å². The molecule has 0 saturated carbocycles. The zero-order valence-electron chi connectivity index (χ0n) is 13.7. The van der Waals surface area contributed by atoms with Gasteiger partial charge in [-0.15, -0.1) is 10.2 Å². The second kappa shape index (κ2) is 4.87. The van der Waals surface area contributed by atoms with Crippen molar-refractivity contribution in [3.05, 3.63) is 41.2 Å². The summed E-state index contributed by atoms with van der Waals surface area (Å²) in [6.45, 7) is 6.20. The van der Waals surface area contributed by atoms with E-state index in [1.165, 1.54) is 5.56 Å². The van der Waals surface area contributed by atoms with Crippen molar-refractivity contribution in [1.82, 2.24) is 29.5 Å². The number of fused-ring (bicyclic) bond motifs is 3. The summed E-state index contributed by atoms with van der Waals surface area (Å²) >= 11 is 0. The van der Waals surface area contributed by atoms with Gasteiger partial charge in [0.15, 0.2) is 5.65 Å². The average molecular weight is 306 g/mol. The second-order valence-electron chi connectivity index (χ2n) is 5.77. The maximum absolute atomic E-state index is 4.72. The predicted molar refractivity (Wildman–Crippen MR) is 89.8 cm³/mol. The average Bonchev–Trinajstić information content (AvgIpc) is 3.02. The van der Waals surface area contributed by atoms with Crippen LogP contribution in [-0.4, -0.2) is 29.5 Å². The van der Waals surface area contributed by atoms with E-state index in [0.717, 1.165) is 39.9 Å². The lowest BCUT2D eigenvalue weighted by atomic mass is 10.1. The van der Waals surface area contributed by atoms with Crippen molar-refractivity contribution in [2.45, 2.75) is 27.2 Å². The zero-order valence-corrected chi connectivity index (χ0v) is 13.7. The van der Waals surface area contributed by atoms with Crippen molar-refractivity contribution in [2.24, 2.45) is 7.05 Å². The van der Waals surface area contributed by atoms with E-state index in [9.17, 15) is 0 Å². The number of aromatic nitrogens is 6. The molecule has 3 heterocycles. The lowest BCUT2D eigenvalue weighted by Crippen LogP contribution is -2.07. The Bertz CT molecular complexity index is 1040. The highest BCUT2D eigenvalue weighted by atomic mass is 15.4.